The quantitative estimate of drug-likeness (QED) is 0.494. The Kier molecular flexibility index (Phi) is 5.99. The van der Waals surface area contributed by atoms with E-state index < -0.39 is 0 Å². The van der Waals surface area contributed by atoms with Crippen LogP contribution in [0.2, 0.25) is 0 Å². The van der Waals surface area contributed by atoms with Gasteiger partial charge in [-0.25, -0.2) is 4.98 Å². The maximum absolute atomic E-state index is 13.1. The number of nitrogens with one attached hydrogen (secondary N) is 2. The molecule has 38 heavy (non-hydrogen) atoms. The van der Waals surface area contributed by atoms with Gasteiger partial charge in [0.15, 0.2) is 0 Å². The first-order chi connectivity index (χ1) is 18.6. The lowest BCUT2D eigenvalue weighted by atomic mass is 9.53. The molecule has 1 amide bonds. The van der Waals surface area contributed by atoms with E-state index in [9.17, 15) is 4.79 Å². The summed E-state index contributed by atoms with van der Waals surface area (Å²) in [6.07, 6.45) is 10.0. The number of aryl methyl sites for hydroxylation is 1. The monoisotopic (exact) mass is 511 g/mol. The maximum atomic E-state index is 13.1. The number of H-pyrrole nitrogens is 1. The summed E-state index contributed by atoms with van der Waals surface area (Å²) in [6, 6.07) is 13.0. The minimum absolute atomic E-state index is 0.0385. The largest absolute Gasteiger partial charge is 0.378 e. The molecule has 3 heterocycles. The van der Waals surface area contributed by atoms with E-state index in [2.05, 4.69) is 56.6 Å². The van der Waals surface area contributed by atoms with Crippen molar-refractivity contribution in [3.8, 4) is 0 Å². The normalized spacial score (nSPS) is 29.7. The fourth-order valence-corrected chi connectivity index (χ4v) is 8.33. The number of aromatic nitrogens is 3. The van der Waals surface area contributed by atoms with Gasteiger partial charge in [-0.1, -0.05) is 31.2 Å². The summed E-state index contributed by atoms with van der Waals surface area (Å²) in [5.74, 6) is 2.82. The van der Waals surface area contributed by atoms with E-state index >= 15 is 0 Å². The molecule has 7 heteroatoms. The lowest BCUT2D eigenvalue weighted by molar-refractivity contribution is -0.116. The second-order valence-electron chi connectivity index (χ2n) is 11.9. The Balaban J connectivity index is 1.06. The zero-order valence-corrected chi connectivity index (χ0v) is 22.2. The van der Waals surface area contributed by atoms with Crippen molar-refractivity contribution in [3.63, 3.8) is 0 Å². The number of carbonyl (C=O) groups is 1. The third-order valence-corrected chi connectivity index (χ3v) is 10.0. The number of aromatic amines is 1. The molecule has 1 saturated carbocycles. The van der Waals surface area contributed by atoms with Crippen LogP contribution >= 0.6 is 0 Å². The van der Waals surface area contributed by atoms with Crippen LogP contribution in [0.25, 0.3) is 0 Å². The van der Waals surface area contributed by atoms with E-state index in [4.69, 9.17) is 4.74 Å². The Morgan fingerprint density at radius 3 is 2.84 bits per heavy atom. The van der Waals surface area contributed by atoms with Gasteiger partial charge >= 0.3 is 0 Å². The van der Waals surface area contributed by atoms with E-state index in [-0.39, 0.29) is 11.3 Å². The summed E-state index contributed by atoms with van der Waals surface area (Å²) in [4.78, 5) is 19.9. The molecule has 3 unspecified atom stereocenters. The zero-order valence-electron chi connectivity index (χ0n) is 22.2. The molecule has 2 aromatic heterocycles. The molecule has 0 radical (unpaired) electrons. The molecule has 3 aromatic rings. The first-order valence-electron chi connectivity index (χ1n) is 14.3. The zero-order chi connectivity index (χ0) is 25.7. The number of amides is 1. The smallest absolute Gasteiger partial charge is 0.225 e. The molecule has 198 valence electrons. The van der Waals surface area contributed by atoms with Crippen molar-refractivity contribution in [1.82, 2.24) is 15.2 Å². The lowest BCUT2D eigenvalue weighted by Crippen LogP contribution is -2.44. The third-order valence-electron chi connectivity index (χ3n) is 10.0. The topological polar surface area (TPSA) is 83.1 Å². The Bertz CT molecular complexity index is 1310. The number of pyridine rings is 1. The Hall–Kier alpha value is -3.19. The number of rotatable bonds is 5. The predicted molar refractivity (Wildman–Crippen MR) is 148 cm³/mol. The van der Waals surface area contributed by atoms with Crippen LogP contribution in [-0.4, -0.2) is 47.4 Å². The summed E-state index contributed by atoms with van der Waals surface area (Å²) in [5, 5.41) is 10.9. The van der Waals surface area contributed by atoms with Gasteiger partial charge in [-0.2, -0.15) is 5.10 Å². The molecular weight excluding hydrogens is 474 g/mol. The van der Waals surface area contributed by atoms with Gasteiger partial charge in [0.05, 0.1) is 31.3 Å². The molecular formula is C31H37N5O2. The fraction of sp³-hybridized carbons (Fsp3) is 0.516. The van der Waals surface area contributed by atoms with Gasteiger partial charge < -0.3 is 15.0 Å². The number of hydrogen-bond donors (Lipinski definition) is 2. The molecule has 0 spiro atoms. The van der Waals surface area contributed by atoms with Crippen molar-refractivity contribution < 1.29 is 9.53 Å². The standard InChI is InChI=1S/C31H37N5O2/c1-31-13-12-23-22-5-3-2-4-20(22)6-8-24(23)29(31)25(26-19-33-35-30(26)31)9-11-28(37)34-27-10-7-21(18-32-27)36-14-16-38-17-15-36/h2-5,7,10,18-19,23-25,29H,6,8-9,11-17H2,1H3,(H,33,35)(H,32,34,37)/t23?,24?,25-,29?,31+/m1/s1. The van der Waals surface area contributed by atoms with Crippen LogP contribution in [-0.2, 0) is 21.4 Å². The molecule has 7 rings (SSSR count). The first kappa shape index (κ1) is 23.9. The summed E-state index contributed by atoms with van der Waals surface area (Å²) >= 11 is 0. The molecule has 1 saturated heterocycles. The van der Waals surface area contributed by atoms with E-state index in [0.717, 1.165) is 44.8 Å². The SMILES string of the molecule is C[C@]12CCC3c4ccccc4CCC3C1[C@H](CCC(=O)Nc1ccc(N3CCOCC3)cn1)c1cn[nH]c12. The van der Waals surface area contributed by atoms with Gasteiger partial charge in [-0.05, 0) is 84.6 Å². The number of anilines is 2. The third kappa shape index (κ3) is 3.94. The number of nitrogens with zero attached hydrogens (tertiary/aromatic N) is 3. The van der Waals surface area contributed by atoms with Crippen molar-refractivity contribution in [2.45, 2.75) is 62.7 Å². The Morgan fingerprint density at radius 1 is 1.13 bits per heavy atom. The molecule has 7 nitrogen and oxygen atoms in total. The summed E-state index contributed by atoms with van der Waals surface area (Å²) in [6.45, 7) is 5.68. The average molecular weight is 512 g/mol. The van der Waals surface area contributed by atoms with E-state index in [1.807, 2.05) is 24.5 Å². The average Bonchev–Trinajstić information content (AvgIpc) is 3.53. The molecule has 2 fully saturated rings. The van der Waals surface area contributed by atoms with Crippen LogP contribution in [0.1, 0.15) is 73.2 Å². The molecule has 5 atom stereocenters. The summed E-state index contributed by atoms with van der Waals surface area (Å²) in [5.41, 5.74) is 6.96. The second-order valence-corrected chi connectivity index (χ2v) is 11.9. The Morgan fingerprint density at radius 2 is 2.00 bits per heavy atom. The molecule has 1 aliphatic heterocycles. The van der Waals surface area contributed by atoms with Gasteiger partial charge in [-0.15, -0.1) is 0 Å². The second kappa shape index (κ2) is 9.53. The van der Waals surface area contributed by atoms with Crippen LogP contribution in [0.3, 0.4) is 0 Å². The molecule has 2 N–H and O–H groups in total. The number of carbonyl (C=O) groups excluding carboxylic acids is 1. The van der Waals surface area contributed by atoms with Gasteiger partial charge in [-0.3, -0.25) is 9.89 Å². The minimum Gasteiger partial charge on any atom is -0.378 e. The van der Waals surface area contributed by atoms with Crippen LogP contribution in [0, 0.1) is 11.8 Å². The Labute approximate surface area is 224 Å². The highest BCUT2D eigenvalue weighted by atomic mass is 16.5. The van der Waals surface area contributed by atoms with Crippen LogP contribution in [0.15, 0.2) is 48.8 Å². The van der Waals surface area contributed by atoms with Crippen molar-refractivity contribution >= 4 is 17.4 Å². The highest BCUT2D eigenvalue weighted by Gasteiger charge is 2.57. The molecule has 4 aliphatic rings. The number of ether oxygens (including phenoxy) is 1. The van der Waals surface area contributed by atoms with Gasteiger partial charge in [0.2, 0.25) is 5.91 Å². The van der Waals surface area contributed by atoms with Gasteiger partial charge in [0.1, 0.15) is 5.82 Å². The highest BCUT2D eigenvalue weighted by molar-refractivity contribution is 5.89. The highest BCUT2D eigenvalue weighted by Crippen LogP contribution is 2.64. The van der Waals surface area contributed by atoms with E-state index in [0.29, 0.717) is 35.9 Å². The molecule has 3 aliphatic carbocycles. The van der Waals surface area contributed by atoms with Crippen LogP contribution in [0.5, 0.6) is 0 Å². The fourth-order valence-electron chi connectivity index (χ4n) is 8.33. The number of morpholine rings is 1. The minimum atomic E-state index is 0.0385. The lowest BCUT2D eigenvalue weighted by Gasteiger charge is -2.50. The van der Waals surface area contributed by atoms with Crippen molar-refractivity contribution in [2.75, 3.05) is 36.5 Å². The maximum Gasteiger partial charge on any atom is 0.225 e. The number of benzene rings is 1. The van der Waals surface area contributed by atoms with E-state index in [1.165, 1.54) is 30.5 Å². The van der Waals surface area contributed by atoms with Crippen molar-refractivity contribution in [2.24, 2.45) is 11.8 Å². The number of fused-ring (bicyclic) bond motifs is 7. The molecule has 1 aromatic carbocycles. The number of hydrogen-bond acceptors (Lipinski definition) is 5. The molecule has 0 bridgehead atoms. The summed E-state index contributed by atoms with van der Waals surface area (Å²) < 4.78 is 5.44. The van der Waals surface area contributed by atoms with Crippen LogP contribution < -0.4 is 10.2 Å². The summed E-state index contributed by atoms with van der Waals surface area (Å²) in [7, 11) is 0. The van der Waals surface area contributed by atoms with Gasteiger partial charge in [0.25, 0.3) is 0 Å². The van der Waals surface area contributed by atoms with E-state index in [1.54, 1.807) is 11.1 Å². The first-order valence-corrected chi connectivity index (χ1v) is 14.3. The predicted octanol–water partition coefficient (Wildman–Crippen LogP) is 5.17. The van der Waals surface area contributed by atoms with Crippen molar-refractivity contribution in [3.05, 3.63) is 71.2 Å². The van der Waals surface area contributed by atoms with Crippen molar-refractivity contribution in [1.29, 1.82) is 0 Å². The van der Waals surface area contributed by atoms with Gasteiger partial charge in [0, 0.05) is 30.6 Å². The van der Waals surface area contributed by atoms with Crippen LogP contribution in [0.4, 0.5) is 11.5 Å².